The Morgan fingerprint density at radius 1 is 1.15 bits per heavy atom. The summed E-state index contributed by atoms with van der Waals surface area (Å²) >= 11 is 0. The number of amides is 1. The fourth-order valence-electron chi connectivity index (χ4n) is 5.42. The molecule has 3 heterocycles. The Morgan fingerprint density at radius 2 is 1.85 bits per heavy atom. The topological polar surface area (TPSA) is 106 Å². The lowest BCUT2D eigenvalue weighted by atomic mass is 9.85. The van der Waals surface area contributed by atoms with E-state index < -0.39 is 22.8 Å². The van der Waals surface area contributed by atoms with Crippen LogP contribution in [0.25, 0.3) is 22.2 Å². The Morgan fingerprint density at radius 3 is 2.48 bits per heavy atom. The summed E-state index contributed by atoms with van der Waals surface area (Å²) in [5.74, 6) is -0.842. The zero-order chi connectivity index (χ0) is 28.4. The van der Waals surface area contributed by atoms with E-state index >= 15 is 0 Å². The van der Waals surface area contributed by atoms with Crippen LogP contribution in [0.5, 0.6) is 5.75 Å². The number of rotatable bonds is 8. The second-order valence-corrected chi connectivity index (χ2v) is 10.8. The van der Waals surface area contributed by atoms with Gasteiger partial charge in [0.1, 0.15) is 28.5 Å². The molecule has 9 nitrogen and oxygen atoms in total. The third kappa shape index (κ3) is 5.46. The molecule has 2 fully saturated rings. The quantitative estimate of drug-likeness (QED) is 0.411. The van der Waals surface area contributed by atoms with Crippen LogP contribution in [-0.4, -0.2) is 71.0 Å². The number of halogens is 1. The number of pyridine rings is 2. The summed E-state index contributed by atoms with van der Waals surface area (Å²) in [5.41, 5.74) is 0.827. The van der Waals surface area contributed by atoms with Crippen LogP contribution in [-0.2, 0) is 16.0 Å². The molecule has 40 heavy (non-hydrogen) atoms. The summed E-state index contributed by atoms with van der Waals surface area (Å²) in [6, 6.07) is 7.58. The SMILES string of the molecule is COC(=C1CCC1)C(C)(C)NC(=O)c1c(O)c2cc(-c3ccc(F)cc3)cnc2n(CCN2CCOCC2)c1=O. The van der Waals surface area contributed by atoms with Gasteiger partial charge in [0.15, 0.2) is 0 Å². The van der Waals surface area contributed by atoms with Crippen molar-refractivity contribution < 1.29 is 23.8 Å². The molecule has 1 saturated carbocycles. The van der Waals surface area contributed by atoms with Gasteiger partial charge in [-0.05, 0) is 62.4 Å². The van der Waals surface area contributed by atoms with Gasteiger partial charge in [-0.2, -0.15) is 0 Å². The summed E-state index contributed by atoms with van der Waals surface area (Å²) in [7, 11) is 1.57. The number of fused-ring (bicyclic) bond motifs is 1. The molecule has 1 saturated heterocycles. The van der Waals surface area contributed by atoms with Gasteiger partial charge in [0.25, 0.3) is 11.5 Å². The van der Waals surface area contributed by atoms with Gasteiger partial charge in [-0.25, -0.2) is 9.37 Å². The molecule has 0 bridgehead atoms. The highest BCUT2D eigenvalue weighted by Gasteiger charge is 2.34. The number of ether oxygens (including phenoxy) is 2. The van der Waals surface area contributed by atoms with Gasteiger partial charge in [-0.3, -0.25) is 19.1 Å². The number of benzene rings is 1. The van der Waals surface area contributed by atoms with Crippen molar-refractivity contribution >= 4 is 16.9 Å². The first-order chi connectivity index (χ1) is 19.2. The van der Waals surface area contributed by atoms with E-state index in [9.17, 15) is 19.1 Å². The number of nitrogens with one attached hydrogen (secondary N) is 1. The van der Waals surface area contributed by atoms with Gasteiger partial charge in [-0.1, -0.05) is 12.1 Å². The van der Waals surface area contributed by atoms with Crippen molar-refractivity contribution in [1.29, 1.82) is 0 Å². The summed E-state index contributed by atoms with van der Waals surface area (Å²) in [5, 5.41) is 14.6. The van der Waals surface area contributed by atoms with Crippen molar-refractivity contribution in [2.45, 2.75) is 45.2 Å². The number of morpholine rings is 1. The van der Waals surface area contributed by atoms with E-state index in [4.69, 9.17) is 9.47 Å². The minimum atomic E-state index is -0.901. The fourth-order valence-corrected chi connectivity index (χ4v) is 5.42. The van der Waals surface area contributed by atoms with Gasteiger partial charge >= 0.3 is 0 Å². The third-order valence-electron chi connectivity index (χ3n) is 7.70. The zero-order valence-electron chi connectivity index (χ0n) is 23.1. The number of aromatic hydroxyl groups is 1. The van der Waals surface area contributed by atoms with Crippen LogP contribution in [0, 0.1) is 5.82 Å². The molecule has 3 aromatic rings. The van der Waals surface area contributed by atoms with Crippen molar-refractivity contribution in [3.8, 4) is 16.9 Å². The maximum Gasteiger partial charge on any atom is 0.268 e. The standard InChI is InChI=1S/C30H35FN4O5/c1-30(2,26(39-3)20-5-4-6-20)33-28(37)24-25(36)23-17-21(19-7-9-22(31)10-8-19)18-32-27(23)35(29(24)38)12-11-34-13-15-40-16-14-34/h7-10,17-18,36H,4-6,11-16H2,1-3H3,(H,33,37). The maximum atomic E-state index is 13.8. The van der Waals surface area contributed by atoms with Crippen LogP contribution in [0.1, 0.15) is 43.5 Å². The summed E-state index contributed by atoms with van der Waals surface area (Å²) in [6.45, 7) is 7.17. The number of hydrogen-bond acceptors (Lipinski definition) is 7. The van der Waals surface area contributed by atoms with Crippen molar-refractivity contribution in [3.05, 3.63) is 69.6 Å². The minimum absolute atomic E-state index is 0.260. The van der Waals surface area contributed by atoms with Gasteiger partial charge in [0.2, 0.25) is 0 Å². The average molecular weight is 551 g/mol. The number of methoxy groups -OCH3 is 1. The first kappa shape index (κ1) is 27.8. The lowest BCUT2D eigenvalue weighted by Crippen LogP contribution is -2.48. The highest BCUT2D eigenvalue weighted by Crippen LogP contribution is 2.35. The largest absolute Gasteiger partial charge is 0.506 e. The molecule has 10 heteroatoms. The van der Waals surface area contributed by atoms with Crippen LogP contribution >= 0.6 is 0 Å². The van der Waals surface area contributed by atoms with E-state index in [1.54, 1.807) is 31.5 Å². The molecular weight excluding hydrogens is 515 g/mol. The number of allylic oxidation sites excluding steroid dienone is 1. The highest BCUT2D eigenvalue weighted by atomic mass is 19.1. The van der Waals surface area contributed by atoms with E-state index in [1.807, 2.05) is 13.8 Å². The first-order valence-electron chi connectivity index (χ1n) is 13.6. The van der Waals surface area contributed by atoms with Crippen molar-refractivity contribution in [2.24, 2.45) is 0 Å². The van der Waals surface area contributed by atoms with E-state index in [2.05, 4.69) is 15.2 Å². The average Bonchev–Trinajstić information content (AvgIpc) is 2.91. The Hall–Kier alpha value is -3.76. The summed E-state index contributed by atoms with van der Waals surface area (Å²) in [6.07, 6.45) is 4.44. The lowest BCUT2D eigenvalue weighted by Gasteiger charge is -2.33. The molecule has 212 valence electrons. The molecule has 0 radical (unpaired) electrons. The second-order valence-electron chi connectivity index (χ2n) is 10.8. The number of hydrogen-bond donors (Lipinski definition) is 2. The van der Waals surface area contributed by atoms with Crippen LogP contribution in [0.4, 0.5) is 4.39 Å². The van der Waals surface area contributed by atoms with Crippen LogP contribution < -0.4 is 10.9 Å². The smallest absolute Gasteiger partial charge is 0.268 e. The maximum absolute atomic E-state index is 13.8. The van der Waals surface area contributed by atoms with Gasteiger partial charge < -0.3 is 19.9 Å². The summed E-state index contributed by atoms with van der Waals surface area (Å²) in [4.78, 5) is 34.2. The number of carbonyl (C=O) groups excluding carboxylic acids is 1. The van der Waals surface area contributed by atoms with Crippen LogP contribution in [0.3, 0.4) is 0 Å². The molecule has 1 aromatic carbocycles. The van der Waals surface area contributed by atoms with Crippen LogP contribution in [0.2, 0.25) is 0 Å². The molecule has 2 aliphatic rings. The van der Waals surface area contributed by atoms with E-state index in [1.165, 1.54) is 16.7 Å². The monoisotopic (exact) mass is 550 g/mol. The van der Waals surface area contributed by atoms with Gasteiger partial charge in [0.05, 0.1) is 31.2 Å². The van der Waals surface area contributed by atoms with Gasteiger partial charge in [0, 0.05) is 37.9 Å². The molecule has 0 atom stereocenters. The molecular formula is C30H35FN4O5. The molecule has 1 amide bonds. The third-order valence-corrected chi connectivity index (χ3v) is 7.70. The Balaban J connectivity index is 1.58. The molecule has 2 N–H and O–H groups in total. The normalized spacial score (nSPS) is 16.1. The molecule has 0 unspecified atom stereocenters. The molecule has 0 spiro atoms. The molecule has 1 aliphatic carbocycles. The van der Waals surface area contributed by atoms with Crippen LogP contribution in [0.15, 0.2) is 52.7 Å². The van der Waals surface area contributed by atoms with Crippen molar-refractivity contribution in [1.82, 2.24) is 19.8 Å². The number of aromatic nitrogens is 2. The van der Waals surface area contributed by atoms with Crippen molar-refractivity contribution in [2.75, 3.05) is 40.0 Å². The summed E-state index contributed by atoms with van der Waals surface area (Å²) < 4.78 is 26.1. The van der Waals surface area contributed by atoms with Gasteiger partial charge in [-0.15, -0.1) is 0 Å². The first-order valence-corrected chi connectivity index (χ1v) is 13.6. The Kier molecular flexibility index (Phi) is 7.91. The zero-order valence-corrected chi connectivity index (χ0v) is 23.1. The predicted molar refractivity (Wildman–Crippen MR) is 150 cm³/mol. The Labute approximate surface area is 232 Å². The Bertz CT molecular complexity index is 1500. The highest BCUT2D eigenvalue weighted by molar-refractivity contribution is 6.02. The van der Waals surface area contributed by atoms with E-state index in [0.717, 1.165) is 37.9 Å². The van der Waals surface area contributed by atoms with Crippen molar-refractivity contribution in [3.63, 3.8) is 0 Å². The minimum Gasteiger partial charge on any atom is -0.506 e. The number of carbonyl (C=O) groups is 1. The van der Waals surface area contributed by atoms with E-state index in [0.29, 0.717) is 36.6 Å². The fraction of sp³-hybridized carbons (Fsp3) is 0.433. The molecule has 2 aromatic heterocycles. The van der Waals surface area contributed by atoms with E-state index in [-0.39, 0.29) is 29.0 Å². The second kappa shape index (κ2) is 11.4. The predicted octanol–water partition coefficient (Wildman–Crippen LogP) is 3.83. The lowest BCUT2D eigenvalue weighted by molar-refractivity contribution is 0.0364. The number of nitrogens with zero attached hydrogens (tertiary/aromatic N) is 3. The molecule has 5 rings (SSSR count). The molecule has 1 aliphatic heterocycles.